The molecule has 5 N–H and O–H groups in total. The molecule has 0 fully saturated rings. The van der Waals surface area contributed by atoms with Crippen LogP contribution in [0.1, 0.15) is 12.8 Å². The molecule has 9 nitrogen and oxygen atoms in total. The number of hydrogen-bond donors (Lipinski definition) is 4. The number of anilines is 5. The zero-order valence-corrected chi connectivity index (χ0v) is 21.6. The maximum Gasteiger partial charge on any atom is 0.248 e. The third-order valence-electron chi connectivity index (χ3n) is 5.27. The standard InChI is InChI=1S/C26H31ClFN7O2/c1-35(12-4-3-11-29)13-5-6-26(36)33-19-8-10-23(37-2)22(15-19)34-25-16-24(30-17-31-25)32-18-7-9-21(28)20(27)14-18/h5-10,14-17H,3-4,11-13,29H2,1-2H3,(H,33,36)(H2,30,31,32,34). The van der Waals surface area contributed by atoms with E-state index in [0.717, 1.165) is 19.4 Å². The van der Waals surface area contributed by atoms with Crippen LogP contribution < -0.4 is 26.4 Å². The molecule has 0 bridgehead atoms. The van der Waals surface area contributed by atoms with Gasteiger partial charge in [0, 0.05) is 30.1 Å². The van der Waals surface area contributed by atoms with Crippen molar-refractivity contribution in [2.45, 2.75) is 12.8 Å². The van der Waals surface area contributed by atoms with Crippen LogP contribution in [0.3, 0.4) is 0 Å². The van der Waals surface area contributed by atoms with Gasteiger partial charge in [-0.1, -0.05) is 17.7 Å². The van der Waals surface area contributed by atoms with Gasteiger partial charge in [-0.05, 0) is 69.4 Å². The summed E-state index contributed by atoms with van der Waals surface area (Å²) in [4.78, 5) is 23.0. The predicted molar refractivity (Wildman–Crippen MR) is 147 cm³/mol. The van der Waals surface area contributed by atoms with Crippen molar-refractivity contribution >= 4 is 46.2 Å². The monoisotopic (exact) mass is 527 g/mol. The van der Waals surface area contributed by atoms with Gasteiger partial charge in [0.15, 0.2) is 0 Å². The molecule has 3 aromatic rings. The summed E-state index contributed by atoms with van der Waals surface area (Å²) in [6.07, 6.45) is 6.73. The Hall–Kier alpha value is -3.73. The van der Waals surface area contributed by atoms with Gasteiger partial charge in [-0.2, -0.15) is 0 Å². The lowest BCUT2D eigenvalue weighted by Gasteiger charge is -2.14. The molecule has 0 unspecified atom stereocenters. The van der Waals surface area contributed by atoms with Crippen molar-refractivity contribution in [3.8, 4) is 5.75 Å². The Bertz CT molecular complexity index is 1230. The summed E-state index contributed by atoms with van der Waals surface area (Å²) in [5.41, 5.74) is 7.28. The molecule has 196 valence electrons. The summed E-state index contributed by atoms with van der Waals surface area (Å²) < 4.78 is 18.9. The van der Waals surface area contributed by atoms with Crippen LogP contribution in [0.2, 0.25) is 5.02 Å². The van der Waals surface area contributed by atoms with E-state index in [0.29, 0.717) is 47.5 Å². The second kappa shape index (κ2) is 14.1. The third kappa shape index (κ3) is 9.02. The number of carbonyl (C=O) groups excluding carboxylic acids is 1. The van der Waals surface area contributed by atoms with Crippen molar-refractivity contribution in [2.75, 3.05) is 49.7 Å². The number of rotatable bonds is 13. The van der Waals surface area contributed by atoms with Gasteiger partial charge in [-0.15, -0.1) is 0 Å². The molecule has 1 amide bonds. The van der Waals surface area contributed by atoms with Crippen LogP contribution in [0.25, 0.3) is 0 Å². The first-order chi connectivity index (χ1) is 17.9. The average Bonchev–Trinajstić information content (AvgIpc) is 2.87. The van der Waals surface area contributed by atoms with Crippen LogP contribution in [0.15, 0.2) is 60.9 Å². The topological polar surface area (TPSA) is 117 Å². The molecule has 37 heavy (non-hydrogen) atoms. The van der Waals surface area contributed by atoms with Crippen LogP contribution >= 0.6 is 11.6 Å². The normalized spacial score (nSPS) is 11.1. The third-order valence-corrected chi connectivity index (χ3v) is 5.56. The lowest BCUT2D eigenvalue weighted by molar-refractivity contribution is -0.111. The Morgan fingerprint density at radius 2 is 1.86 bits per heavy atom. The largest absolute Gasteiger partial charge is 0.495 e. The van der Waals surface area contributed by atoms with Crippen LogP contribution in [0.4, 0.5) is 33.1 Å². The first-order valence-corrected chi connectivity index (χ1v) is 12.1. The Balaban J connectivity index is 1.64. The fourth-order valence-corrected chi connectivity index (χ4v) is 3.56. The number of unbranched alkanes of at least 4 members (excludes halogenated alkanes) is 1. The highest BCUT2D eigenvalue weighted by atomic mass is 35.5. The minimum absolute atomic E-state index is 0.00498. The number of nitrogens with zero attached hydrogens (tertiary/aromatic N) is 3. The van der Waals surface area contributed by atoms with E-state index in [4.69, 9.17) is 22.1 Å². The quantitative estimate of drug-likeness (QED) is 0.182. The Morgan fingerprint density at radius 1 is 1.11 bits per heavy atom. The van der Waals surface area contributed by atoms with E-state index in [2.05, 4.69) is 30.8 Å². The average molecular weight is 528 g/mol. The molecule has 1 aromatic heterocycles. The van der Waals surface area contributed by atoms with E-state index in [9.17, 15) is 9.18 Å². The van der Waals surface area contributed by atoms with Gasteiger partial charge in [0.1, 0.15) is 29.5 Å². The van der Waals surface area contributed by atoms with E-state index in [-0.39, 0.29) is 10.9 Å². The Morgan fingerprint density at radius 3 is 2.59 bits per heavy atom. The van der Waals surface area contributed by atoms with Gasteiger partial charge < -0.3 is 31.3 Å². The summed E-state index contributed by atoms with van der Waals surface area (Å²) >= 11 is 5.85. The predicted octanol–water partition coefficient (Wildman–Crippen LogP) is 4.93. The molecule has 0 aliphatic heterocycles. The van der Waals surface area contributed by atoms with Crippen molar-refractivity contribution in [1.82, 2.24) is 14.9 Å². The fraction of sp³-hybridized carbons (Fsp3) is 0.269. The van der Waals surface area contributed by atoms with Crippen molar-refractivity contribution in [2.24, 2.45) is 5.73 Å². The van der Waals surface area contributed by atoms with Crippen LogP contribution in [-0.4, -0.2) is 54.6 Å². The van der Waals surface area contributed by atoms with Crippen LogP contribution in [0, 0.1) is 5.82 Å². The molecule has 0 aliphatic carbocycles. The van der Waals surface area contributed by atoms with E-state index >= 15 is 0 Å². The molecule has 0 radical (unpaired) electrons. The van der Waals surface area contributed by atoms with Crippen LogP contribution in [-0.2, 0) is 4.79 Å². The van der Waals surface area contributed by atoms with E-state index < -0.39 is 5.82 Å². The highest BCUT2D eigenvalue weighted by Crippen LogP contribution is 2.31. The van der Waals surface area contributed by atoms with Crippen molar-refractivity contribution in [3.63, 3.8) is 0 Å². The second-order valence-electron chi connectivity index (χ2n) is 8.23. The number of halogens is 2. The van der Waals surface area contributed by atoms with E-state index in [1.54, 1.807) is 37.4 Å². The summed E-state index contributed by atoms with van der Waals surface area (Å²) in [5.74, 6) is 0.772. The number of likely N-dealkylation sites (N-methyl/N-ethyl adjacent to an activating group) is 1. The molecule has 0 saturated carbocycles. The zero-order valence-electron chi connectivity index (χ0n) is 20.8. The second-order valence-corrected chi connectivity index (χ2v) is 8.64. The lowest BCUT2D eigenvalue weighted by Crippen LogP contribution is -2.20. The number of ether oxygens (including phenoxy) is 1. The zero-order chi connectivity index (χ0) is 26.6. The van der Waals surface area contributed by atoms with Gasteiger partial charge in [-0.3, -0.25) is 4.79 Å². The first-order valence-electron chi connectivity index (χ1n) is 11.7. The summed E-state index contributed by atoms with van der Waals surface area (Å²) in [7, 11) is 3.56. The molecule has 0 spiro atoms. The lowest BCUT2D eigenvalue weighted by atomic mass is 10.2. The number of aromatic nitrogens is 2. The molecule has 3 rings (SSSR count). The number of nitrogens with two attached hydrogens (primary N) is 1. The van der Waals surface area contributed by atoms with Gasteiger partial charge in [0.05, 0.1) is 17.8 Å². The van der Waals surface area contributed by atoms with Gasteiger partial charge in [-0.25, -0.2) is 14.4 Å². The van der Waals surface area contributed by atoms with Crippen molar-refractivity contribution in [3.05, 3.63) is 71.8 Å². The van der Waals surface area contributed by atoms with E-state index in [1.807, 2.05) is 13.1 Å². The SMILES string of the molecule is COc1ccc(NC(=O)C=CCN(C)CCCCN)cc1Nc1cc(Nc2ccc(F)c(Cl)c2)ncn1. The minimum atomic E-state index is -0.502. The highest BCUT2D eigenvalue weighted by molar-refractivity contribution is 6.31. The van der Waals surface area contributed by atoms with Crippen molar-refractivity contribution < 1.29 is 13.9 Å². The molecule has 11 heteroatoms. The van der Waals surface area contributed by atoms with Crippen LogP contribution in [0.5, 0.6) is 5.75 Å². The Kier molecular flexibility index (Phi) is 10.6. The summed E-state index contributed by atoms with van der Waals surface area (Å²) in [6, 6.07) is 11.2. The molecule has 0 aliphatic rings. The smallest absolute Gasteiger partial charge is 0.248 e. The molecule has 1 heterocycles. The van der Waals surface area contributed by atoms with Gasteiger partial charge >= 0.3 is 0 Å². The molecular weight excluding hydrogens is 497 g/mol. The van der Waals surface area contributed by atoms with E-state index in [1.165, 1.54) is 24.5 Å². The molecular formula is C26H31ClFN7O2. The minimum Gasteiger partial charge on any atom is -0.495 e. The number of carbonyl (C=O) groups is 1. The van der Waals surface area contributed by atoms with Gasteiger partial charge in [0.25, 0.3) is 0 Å². The summed E-state index contributed by atoms with van der Waals surface area (Å²) in [6.45, 7) is 2.28. The number of methoxy groups -OCH3 is 1. The number of hydrogen-bond acceptors (Lipinski definition) is 8. The maximum atomic E-state index is 13.4. The van der Waals surface area contributed by atoms with Gasteiger partial charge in [0.2, 0.25) is 5.91 Å². The number of amides is 1. The molecule has 0 saturated heterocycles. The maximum absolute atomic E-state index is 13.4. The van der Waals surface area contributed by atoms with Crippen molar-refractivity contribution in [1.29, 1.82) is 0 Å². The Labute approximate surface area is 220 Å². The number of nitrogens with one attached hydrogen (secondary N) is 3. The fourth-order valence-electron chi connectivity index (χ4n) is 3.38. The molecule has 2 aromatic carbocycles. The highest BCUT2D eigenvalue weighted by Gasteiger charge is 2.09. The summed E-state index contributed by atoms with van der Waals surface area (Å²) in [5, 5.41) is 9.10. The number of benzene rings is 2. The molecule has 0 atom stereocenters. The first kappa shape index (κ1) is 27.9.